The second kappa shape index (κ2) is 6.87. The highest BCUT2D eigenvalue weighted by molar-refractivity contribution is 6.23. The molecule has 2 aromatic rings. The molecule has 1 aliphatic rings. The summed E-state index contributed by atoms with van der Waals surface area (Å²) in [6.07, 6.45) is -5.04. The number of nitrogens with one attached hydrogen (secondary N) is 1. The van der Waals surface area contributed by atoms with E-state index < -0.39 is 53.3 Å². The second-order valence-electron chi connectivity index (χ2n) is 6.02. The number of hydrogen-bond donors (Lipinski definition) is 3. The number of carbonyl (C=O) groups excluding carboxylic acids is 2. The fourth-order valence-electron chi connectivity index (χ4n) is 2.90. The molecule has 28 heavy (non-hydrogen) atoms. The van der Waals surface area contributed by atoms with Crippen LogP contribution in [0.4, 0.5) is 24.5 Å². The standard InChI is InChI=1S/C18H13F3N2O5/c19-18(20,21)11-3-1-2-4-12(11)22-13-8-15(25)23(16(13)26)9-5-6-10(17(27)28)14(24)7-9/h1-7,13,22,24H,8H2,(H,27,28). The van der Waals surface area contributed by atoms with E-state index in [1.54, 1.807) is 0 Å². The molecule has 1 unspecified atom stereocenters. The number of carboxylic acid groups (broad SMARTS) is 1. The number of aromatic hydroxyl groups is 1. The molecule has 2 aromatic carbocycles. The van der Waals surface area contributed by atoms with Gasteiger partial charge in [0.1, 0.15) is 17.4 Å². The molecule has 7 nitrogen and oxygen atoms in total. The minimum atomic E-state index is -4.65. The lowest BCUT2D eigenvalue weighted by Crippen LogP contribution is -2.35. The average molecular weight is 394 g/mol. The molecular formula is C18H13F3N2O5. The monoisotopic (exact) mass is 394 g/mol. The molecule has 0 aromatic heterocycles. The number of alkyl halides is 3. The highest BCUT2D eigenvalue weighted by Crippen LogP contribution is 2.36. The number of imide groups is 1. The number of aromatic carboxylic acids is 1. The van der Waals surface area contributed by atoms with Gasteiger partial charge in [0.25, 0.3) is 5.91 Å². The lowest BCUT2D eigenvalue weighted by Gasteiger charge is -2.19. The highest BCUT2D eigenvalue weighted by atomic mass is 19.4. The Morgan fingerprint density at radius 3 is 2.43 bits per heavy atom. The van der Waals surface area contributed by atoms with Gasteiger partial charge in [0.2, 0.25) is 5.91 Å². The summed E-state index contributed by atoms with van der Waals surface area (Å²) < 4.78 is 39.3. The predicted octanol–water partition coefficient (Wildman–Crippen LogP) is 2.85. The Kier molecular flexibility index (Phi) is 4.72. The van der Waals surface area contributed by atoms with Crippen molar-refractivity contribution in [1.29, 1.82) is 0 Å². The van der Waals surface area contributed by atoms with Gasteiger partial charge in [-0.25, -0.2) is 9.69 Å². The minimum Gasteiger partial charge on any atom is -0.507 e. The molecule has 1 atom stereocenters. The number of benzene rings is 2. The average Bonchev–Trinajstić information content (AvgIpc) is 2.87. The summed E-state index contributed by atoms with van der Waals surface area (Å²) in [4.78, 5) is 36.5. The zero-order valence-corrected chi connectivity index (χ0v) is 14.0. The molecule has 0 aliphatic carbocycles. The summed E-state index contributed by atoms with van der Waals surface area (Å²) >= 11 is 0. The maximum absolute atomic E-state index is 13.1. The molecule has 1 heterocycles. The molecule has 10 heteroatoms. The van der Waals surface area contributed by atoms with Gasteiger partial charge in [-0.05, 0) is 24.3 Å². The van der Waals surface area contributed by atoms with Crippen LogP contribution >= 0.6 is 0 Å². The van der Waals surface area contributed by atoms with Gasteiger partial charge < -0.3 is 15.5 Å². The van der Waals surface area contributed by atoms with Crippen molar-refractivity contribution in [3.05, 3.63) is 53.6 Å². The summed E-state index contributed by atoms with van der Waals surface area (Å²) in [5.41, 5.74) is -1.81. The van der Waals surface area contributed by atoms with Crippen LogP contribution in [0, 0.1) is 0 Å². The Morgan fingerprint density at radius 1 is 1.14 bits per heavy atom. The molecule has 0 spiro atoms. The van der Waals surface area contributed by atoms with Gasteiger partial charge in [-0.1, -0.05) is 12.1 Å². The fraction of sp³-hybridized carbons (Fsp3) is 0.167. The first-order valence-electron chi connectivity index (χ1n) is 7.95. The molecule has 0 radical (unpaired) electrons. The van der Waals surface area contributed by atoms with E-state index in [1.807, 2.05) is 0 Å². The van der Waals surface area contributed by atoms with E-state index in [-0.39, 0.29) is 11.4 Å². The Bertz CT molecular complexity index is 974. The van der Waals surface area contributed by atoms with Gasteiger partial charge >= 0.3 is 12.1 Å². The zero-order valence-electron chi connectivity index (χ0n) is 14.0. The molecule has 1 aliphatic heterocycles. The van der Waals surface area contributed by atoms with Gasteiger partial charge in [-0.2, -0.15) is 13.2 Å². The number of nitrogens with zero attached hydrogens (tertiary/aromatic N) is 1. The van der Waals surface area contributed by atoms with E-state index in [1.165, 1.54) is 12.1 Å². The molecule has 3 N–H and O–H groups in total. The SMILES string of the molecule is O=C(O)c1ccc(N2C(=O)CC(Nc3ccccc3C(F)(F)F)C2=O)cc1O. The first kappa shape index (κ1) is 19.2. The Balaban J connectivity index is 1.87. The molecule has 0 bridgehead atoms. The summed E-state index contributed by atoms with van der Waals surface area (Å²) in [6.45, 7) is 0. The fourth-order valence-corrected chi connectivity index (χ4v) is 2.90. The van der Waals surface area contributed by atoms with Crippen molar-refractivity contribution in [2.24, 2.45) is 0 Å². The zero-order chi connectivity index (χ0) is 20.6. The van der Waals surface area contributed by atoms with E-state index in [0.717, 1.165) is 30.3 Å². The molecule has 146 valence electrons. The van der Waals surface area contributed by atoms with Crippen LogP contribution in [-0.2, 0) is 15.8 Å². The summed E-state index contributed by atoms with van der Waals surface area (Å²) in [5, 5.41) is 21.1. The number of hydrogen-bond acceptors (Lipinski definition) is 5. The number of amides is 2. The van der Waals surface area contributed by atoms with Gasteiger partial charge in [0, 0.05) is 11.8 Å². The second-order valence-corrected chi connectivity index (χ2v) is 6.02. The van der Waals surface area contributed by atoms with Crippen LogP contribution < -0.4 is 10.2 Å². The number of carbonyl (C=O) groups is 3. The van der Waals surface area contributed by atoms with Gasteiger partial charge in [-0.3, -0.25) is 9.59 Å². The number of halogens is 3. The van der Waals surface area contributed by atoms with Crippen LogP contribution in [0.5, 0.6) is 5.75 Å². The number of phenols is 1. The van der Waals surface area contributed by atoms with Crippen molar-refractivity contribution < 1.29 is 37.8 Å². The largest absolute Gasteiger partial charge is 0.507 e. The number of para-hydroxylation sites is 1. The third kappa shape index (κ3) is 3.48. The Labute approximate surface area is 156 Å². The van der Waals surface area contributed by atoms with Crippen molar-refractivity contribution in [2.45, 2.75) is 18.6 Å². The predicted molar refractivity (Wildman–Crippen MR) is 91.0 cm³/mol. The normalized spacial score (nSPS) is 17.1. The van der Waals surface area contributed by atoms with Gasteiger partial charge in [-0.15, -0.1) is 0 Å². The first-order valence-corrected chi connectivity index (χ1v) is 7.95. The summed E-state index contributed by atoms with van der Waals surface area (Å²) in [7, 11) is 0. The van der Waals surface area contributed by atoms with E-state index >= 15 is 0 Å². The Hall–Kier alpha value is -3.56. The van der Waals surface area contributed by atoms with Gasteiger partial charge in [0.05, 0.1) is 17.7 Å². The van der Waals surface area contributed by atoms with Crippen molar-refractivity contribution >= 4 is 29.2 Å². The highest BCUT2D eigenvalue weighted by Gasteiger charge is 2.41. The lowest BCUT2D eigenvalue weighted by molar-refractivity contribution is -0.137. The quantitative estimate of drug-likeness (QED) is 0.689. The maximum Gasteiger partial charge on any atom is 0.418 e. The topological polar surface area (TPSA) is 107 Å². The Morgan fingerprint density at radius 2 is 1.82 bits per heavy atom. The lowest BCUT2D eigenvalue weighted by atomic mass is 10.1. The van der Waals surface area contributed by atoms with E-state index in [2.05, 4.69) is 5.32 Å². The molecule has 0 saturated carbocycles. The number of anilines is 2. The molecular weight excluding hydrogens is 381 g/mol. The minimum absolute atomic E-state index is 0.0779. The molecule has 1 saturated heterocycles. The molecule has 1 fully saturated rings. The van der Waals surface area contributed by atoms with Crippen LogP contribution in [0.15, 0.2) is 42.5 Å². The van der Waals surface area contributed by atoms with E-state index in [9.17, 15) is 32.7 Å². The maximum atomic E-state index is 13.1. The third-order valence-electron chi connectivity index (χ3n) is 4.18. The number of carboxylic acids is 1. The third-order valence-corrected chi connectivity index (χ3v) is 4.18. The molecule has 2 amide bonds. The van der Waals surface area contributed by atoms with E-state index in [4.69, 9.17) is 5.11 Å². The van der Waals surface area contributed by atoms with E-state index in [0.29, 0.717) is 4.90 Å². The van der Waals surface area contributed by atoms with Gasteiger partial charge in [0.15, 0.2) is 0 Å². The van der Waals surface area contributed by atoms with Crippen molar-refractivity contribution in [3.8, 4) is 5.75 Å². The van der Waals surface area contributed by atoms with Crippen molar-refractivity contribution in [2.75, 3.05) is 10.2 Å². The molecule has 3 rings (SSSR count). The first-order chi connectivity index (χ1) is 13.1. The number of rotatable bonds is 4. The van der Waals surface area contributed by atoms with Crippen LogP contribution in [0.1, 0.15) is 22.3 Å². The van der Waals surface area contributed by atoms with Crippen molar-refractivity contribution in [3.63, 3.8) is 0 Å². The van der Waals surface area contributed by atoms with Crippen molar-refractivity contribution in [1.82, 2.24) is 0 Å². The van der Waals surface area contributed by atoms with Crippen LogP contribution in [-0.4, -0.2) is 34.0 Å². The van der Waals surface area contributed by atoms with Crippen LogP contribution in [0.25, 0.3) is 0 Å². The van der Waals surface area contributed by atoms with Crippen LogP contribution in [0.2, 0.25) is 0 Å². The smallest absolute Gasteiger partial charge is 0.418 e. The summed E-state index contributed by atoms with van der Waals surface area (Å²) in [5.74, 6) is -3.56. The van der Waals surface area contributed by atoms with Crippen LogP contribution in [0.3, 0.4) is 0 Å². The summed E-state index contributed by atoms with van der Waals surface area (Å²) in [6, 6.07) is 6.44.